The van der Waals surface area contributed by atoms with Gasteiger partial charge in [-0.05, 0) is 45.1 Å². The number of halogens is 1. The van der Waals surface area contributed by atoms with Gasteiger partial charge in [0, 0.05) is 20.9 Å². The van der Waals surface area contributed by atoms with E-state index in [0.29, 0.717) is 0 Å². The molecule has 0 aliphatic heterocycles. The summed E-state index contributed by atoms with van der Waals surface area (Å²) in [6.45, 7) is 0. The van der Waals surface area contributed by atoms with Gasteiger partial charge in [0.05, 0.1) is 11.6 Å². The molecule has 3 aromatic rings. The van der Waals surface area contributed by atoms with Crippen LogP contribution in [0.5, 0.6) is 0 Å². The van der Waals surface area contributed by atoms with Crippen molar-refractivity contribution in [2.75, 3.05) is 0 Å². The van der Waals surface area contributed by atoms with Crippen LogP contribution in [-0.2, 0) is 0 Å². The number of hydrogen-bond acceptors (Lipinski definition) is 3. The number of pyridine rings is 1. The van der Waals surface area contributed by atoms with Gasteiger partial charge in [-0.2, -0.15) is 0 Å². The van der Waals surface area contributed by atoms with E-state index in [2.05, 4.69) is 45.2 Å². The fraction of sp³-hybridized carbons (Fsp3) is 0.0714. The van der Waals surface area contributed by atoms with Crippen molar-refractivity contribution >= 4 is 38.2 Å². The highest BCUT2D eigenvalue weighted by Gasteiger charge is 2.14. The van der Waals surface area contributed by atoms with E-state index < -0.39 is 0 Å². The third kappa shape index (κ3) is 2.07. The number of hydrogen-bond donors (Lipinski definition) is 1. The Morgan fingerprint density at radius 3 is 2.89 bits per heavy atom. The van der Waals surface area contributed by atoms with Gasteiger partial charge in [0.15, 0.2) is 0 Å². The van der Waals surface area contributed by atoms with Crippen LogP contribution in [0, 0.1) is 0 Å². The fourth-order valence-corrected chi connectivity index (χ4v) is 3.60. The van der Waals surface area contributed by atoms with Crippen LogP contribution in [0.3, 0.4) is 0 Å². The van der Waals surface area contributed by atoms with E-state index in [1.807, 2.05) is 17.5 Å². The third-order valence-corrected chi connectivity index (χ3v) is 4.87. The molecular formula is C14H11BrN2S. The zero-order valence-electron chi connectivity index (χ0n) is 9.51. The van der Waals surface area contributed by atoms with E-state index in [4.69, 9.17) is 5.73 Å². The number of fused-ring (bicyclic) bond motifs is 1. The van der Waals surface area contributed by atoms with Gasteiger partial charge in [-0.3, -0.25) is 4.98 Å². The average molecular weight is 319 g/mol. The van der Waals surface area contributed by atoms with Gasteiger partial charge in [-0.25, -0.2) is 0 Å². The number of nitrogens with two attached hydrogens (primary N) is 1. The van der Waals surface area contributed by atoms with Crippen molar-refractivity contribution in [3.63, 3.8) is 0 Å². The van der Waals surface area contributed by atoms with Crippen molar-refractivity contribution in [2.45, 2.75) is 6.04 Å². The van der Waals surface area contributed by atoms with Crippen molar-refractivity contribution < 1.29 is 0 Å². The predicted molar refractivity (Wildman–Crippen MR) is 79.8 cm³/mol. The van der Waals surface area contributed by atoms with E-state index in [1.165, 1.54) is 0 Å². The lowest BCUT2D eigenvalue weighted by Gasteiger charge is -2.11. The van der Waals surface area contributed by atoms with Crippen molar-refractivity contribution in [1.29, 1.82) is 0 Å². The normalized spacial score (nSPS) is 12.8. The number of rotatable bonds is 2. The summed E-state index contributed by atoms with van der Waals surface area (Å²) < 4.78 is 1.07. The Hall–Kier alpha value is -1.23. The summed E-state index contributed by atoms with van der Waals surface area (Å²) >= 11 is 5.19. The molecule has 0 aliphatic carbocycles. The molecule has 0 bridgehead atoms. The van der Waals surface area contributed by atoms with Crippen LogP contribution in [0.15, 0.2) is 52.4 Å². The van der Waals surface area contributed by atoms with Gasteiger partial charge in [0.25, 0.3) is 0 Å². The molecule has 2 N–H and O–H groups in total. The van der Waals surface area contributed by atoms with Crippen molar-refractivity contribution in [1.82, 2.24) is 4.98 Å². The summed E-state index contributed by atoms with van der Waals surface area (Å²) in [5.74, 6) is 0. The van der Waals surface area contributed by atoms with Gasteiger partial charge in [0.2, 0.25) is 0 Å². The molecule has 2 nitrogen and oxygen atoms in total. The predicted octanol–water partition coefficient (Wildman–Crippen LogP) is 4.11. The summed E-state index contributed by atoms with van der Waals surface area (Å²) in [7, 11) is 0. The smallest absolute Gasteiger partial charge is 0.0705 e. The van der Waals surface area contributed by atoms with Gasteiger partial charge >= 0.3 is 0 Å². The lowest BCUT2D eigenvalue weighted by Crippen LogP contribution is -2.10. The lowest BCUT2D eigenvalue weighted by atomic mass is 10.0. The van der Waals surface area contributed by atoms with E-state index in [0.717, 1.165) is 25.8 Å². The quantitative estimate of drug-likeness (QED) is 0.772. The Bertz CT molecular complexity index is 693. The Morgan fingerprint density at radius 2 is 2.11 bits per heavy atom. The topological polar surface area (TPSA) is 38.9 Å². The first-order chi connectivity index (χ1) is 8.75. The van der Waals surface area contributed by atoms with E-state index in [-0.39, 0.29) is 6.04 Å². The number of nitrogens with zero attached hydrogens (tertiary/aromatic N) is 1. The summed E-state index contributed by atoms with van der Waals surface area (Å²) in [6, 6.07) is 12.1. The zero-order valence-corrected chi connectivity index (χ0v) is 11.9. The molecule has 4 heteroatoms. The molecule has 1 aromatic carbocycles. The van der Waals surface area contributed by atoms with Gasteiger partial charge < -0.3 is 5.73 Å². The Balaban J connectivity index is 2.07. The average Bonchev–Trinajstić information content (AvgIpc) is 2.83. The number of aromatic nitrogens is 1. The van der Waals surface area contributed by atoms with Crippen LogP contribution < -0.4 is 5.73 Å². The lowest BCUT2D eigenvalue weighted by molar-refractivity contribution is 0.890. The molecule has 0 saturated heterocycles. The second-order valence-electron chi connectivity index (χ2n) is 4.07. The molecule has 18 heavy (non-hydrogen) atoms. The molecule has 1 atom stereocenters. The second-order valence-corrected chi connectivity index (χ2v) is 5.87. The first kappa shape index (κ1) is 11.8. The van der Waals surface area contributed by atoms with E-state index >= 15 is 0 Å². The van der Waals surface area contributed by atoms with Crippen molar-refractivity contribution in [3.05, 3.63) is 62.9 Å². The van der Waals surface area contributed by atoms with E-state index in [1.54, 1.807) is 17.5 Å². The minimum atomic E-state index is -0.106. The molecule has 0 spiro atoms. The highest BCUT2D eigenvalue weighted by Crippen LogP contribution is 2.32. The van der Waals surface area contributed by atoms with Crippen molar-refractivity contribution in [2.24, 2.45) is 5.73 Å². The fourth-order valence-electron chi connectivity index (χ4n) is 1.96. The maximum Gasteiger partial charge on any atom is 0.0705 e. The molecule has 0 radical (unpaired) electrons. The standard InChI is InChI=1S/C14H11BrN2S/c15-11-5-7-18-14(11)13(16)10-4-3-9-2-1-6-17-12(9)8-10/h1-8,13H,16H2. The van der Waals surface area contributed by atoms with Crippen LogP contribution in [-0.4, -0.2) is 4.98 Å². The third-order valence-electron chi connectivity index (χ3n) is 2.92. The molecule has 90 valence electrons. The highest BCUT2D eigenvalue weighted by atomic mass is 79.9. The summed E-state index contributed by atoms with van der Waals surface area (Å²) in [6.07, 6.45) is 1.80. The number of thiophene rings is 1. The molecular weight excluding hydrogens is 308 g/mol. The van der Waals surface area contributed by atoms with Crippen LogP contribution in [0.1, 0.15) is 16.5 Å². The molecule has 2 heterocycles. The Morgan fingerprint density at radius 1 is 1.22 bits per heavy atom. The molecule has 0 fully saturated rings. The molecule has 0 amide bonds. The monoisotopic (exact) mass is 318 g/mol. The SMILES string of the molecule is NC(c1ccc2cccnc2c1)c1sccc1Br. The number of benzene rings is 1. The van der Waals surface area contributed by atoms with Crippen LogP contribution >= 0.6 is 27.3 Å². The Kier molecular flexibility index (Phi) is 3.16. The molecule has 0 aliphatic rings. The van der Waals surface area contributed by atoms with Crippen molar-refractivity contribution in [3.8, 4) is 0 Å². The maximum atomic E-state index is 6.31. The van der Waals surface area contributed by atoms with Crippen LogP contribution in [0.2, 0.25) is 0 Å². The second kappa shape index (κ2) is 4.80. The summed E-state index contributed by atoms with van der Waals surface area (Å²) in [4.78, 5) is 5.51. The Labute approximate surface area is 118 Å². The summed E-state index contributed by atoms with van der Waals surface area (Å²) in [5.41, 5.74) is 8.38. The minimum absolute atomic E-state index is 0.106. The molecule has 2 aromatic heterocycles. The maximum absolute atomic E-state index is 6.31. The van der Waals surface area contributed by atoms with Crippen LogP contribution in [0.4, 0.5) is 0 Å². The first-order valence-corrected chi connectivity index (χ1v) is 7.26. The van der Waals surface area contributed by atoms with Gasteiger partial charge in [-0.1, -0.05) is 18.2 Å². The van der Waals surface area contributed by atoms with Crippen LogP contribution in [0.25, 0.3) is 10.9 Å². The molecule has 1 unspecified atom stereocenters. The zero-order chi connectivity index (χ0) is 12.5. The van der Waals surface area contributed by atoms with E-state index in [9.17, 15) is 0 Å². The van der Waals surface area contributed by atoms with Gasteiger partial charge in [-0.15, -0.1) is 11.3 Å². The minimum Gasteiger partial charge on any atom is -0.320 e. The molecule has 0 saturated carbocycles. The molecule has 3 rings (SSSR count). The first-order valence-electron chi connectivity index (χ1n) is 5.59. The van der Waals surface area contributed by atoms with Gasteiger partial charge in [0.1, 0.15) is 0 Å². The largest absolute Gasteiger partial charge is 0.320 e. The highest BCUT2D eigenvalue weighted by molar-refractivity contribution is 9.10. The summed E-state index contributed by atoms with van der Waals surface area (Å²) in [5, 5.41) is 3.18.